The molecule has 0 bridgehead atoms. The van der Waals surface area contributed by atoms with Crippen LogP contribution in [0.25, 0.3) is 0 Å². The van der Waals surface area contributed by atoms with Crippen LogP contribution < -0.4 is 5.32 Å². The Kier molecular flexibility index (Phi) is 5.96. The summed E-state index contributed by atoms with van der Waals surface area (Å²) in [6.45, 7) is 11.2. The quantitative estimate of drug-likeness (QED) is 0.482. The number of nitrogens with zero attached hydrogens (tertiary/aromatic N) is 1. The Bertz CT molecular complexity index is 1210. The number of hydrogen-bond acceptors (Lipinski definition) is 4. The third-order valence-electron chi connectivity index (χ3n) is 11.5. The summed E-state index contributed by atoms with van der Waals surface area (Å²) >= 11 is 0. The van der Waals surface area contributed by atoms with E-state index in [1.165, 1.54) is 0 Å². The SMILES string of the molecule is C[C@@H]1C(=O)C(C#N)=C[C@]2(C)C3=CC(=O)C4C5CC(C)(C)CC[C@]5(NC(=O)C(C)(F)F)CCC4[C@]3(C)CCC12. The number of rotatable bonds is 2. The fourth-order valence-electron chi connectivity index (χ4n) is 9.45. The maximum Gasteiger partial charge on any atom is 0.321 e. The highest BCUT2D eigenvalue weighted by molar-refractivity contribution is 6.02. The van der Waals surface area contributed by atoms with E-state index in [2.05, 4.69) is 39.1 Å². The van der Waals surface area contributed by atoms with E-state index in [-0.39, 0.29) is 57.6 Å². The number of halogens is 2. The van der Waals surface area contributed by atoms with Crippen LogP contribution in [0.3, 0.4) is 0 Å². The van der Waals surface area contributed by atoms with Crippen LogP contribution in [0, 0.1) is 57.2 Å². The number of allylic oxidation sites excluding steroid dienone is 4. The lowest BCUT2D eigenvalue weighted by molar-refractivity contribution is -0.155. The van der Waals surface area contributed by atoms with E-state index in [1.54, 1.807) is 6.08 Å². The first kappa shape index (κ1) is 27.2. The first-order valence-electron chi connectivity index (χ1n) is 14.1. The number of hydrogen-bond donors (Lipinski definition) is 1. The lowest BCUT2D eigenvalue weighted by atomic mass is 9.40. The summed E-state index contributed by atoms with van der Waals surface area (Å²) in [7, 11) is 0. The number of amides is 1. The Morgan fingerprint density at radius 1 is 1.05 bits per heavy atom. The van der Waals surface area contributed by atoms with Gasteiger partial charge in [0, 0.05) is 29.7 Å². The Morgan fingerprint density at radius 2 is 1.71 bits per heavy atom. The molecule has 8 atom stereocenters. The smallest absolute Gasteiger partial charge is 0.321 e. The summed E-state index contributed by atoms with van der Waals surface area (Å²) in [6, 6.07) is 2.10. The normalized spacial score (nSPS) is 43.8. The van der Waals surface area contributed by atoms with Crippen molar-refractivity contribution in [2.24, 2.45) is 45.8 Å². The van der Waals surface area contributed by atoms with E-state index in [0.717, 1.165) is 24.8 Å². The van der Waals surface area contributed by atoms with Gasteiger partial charge in [-0.25, -0.2) is 0 Å². The maximum absolute atomic E-state index is 14.1. The molecular formula is C31H40F2N2O3. The van der Waals surface area contributed by atoms with Crippen molar-refractivity contribution in [3.05, 3.63) is 23.3 Å². The first-order chi connectivity index (χ1) is 17.5. The molecule has 1 amide bonds. The van der Waals surface area contributed by atoms with Crippen LogP contribution in [-0.2, 0) is 14.4 Å². The van der Waals surface area contributed by atoms with Gasteiger partial charge >= 0.3 is 5.92 Å². The van der Waals surface area contributed by atoms with Gasteiger partial charge in [-0.3, -0.25) is 14.4 Å². The Morgan fingerprint density at radius 3 is 2.34 bits per heavy atom. The summed E-state index contributed by atoms with van der Waals surface area (Å²) in [5.74, 6) is -5.67. The molecule has 4 unspecified atom stereocenters. The Labute approximate surface area is 224 Å². The van der Waals surface area contributed by atoms with Crippen LogP contribution in [-0.4, -0.2) is 28.9 Å². The monoisotopic (exact) mass is 526 g/mol. The predicted molar refractivity (Wildman–Crippen MR) is 139 cm³/mol. The van der Waals surface area contributed by atoms with Crippen molar-refractivity contribution in [1.82, 2.24) is 5.32 Å². The van der Waals surface area contributed by atoms with Crippen molar-refractivity contribution in [3.63, 3.8) is 0 Å². The van der Waals surface area contributed by atoms with Crippen molar-refractivity contribution < 1.29 is 23.2 Å². The van der Waals surface area contributed by atoms with Gasteiger partial charge in [-0.05, 0) is 79.6 Å². The van der Waals surface area contributed by atoms with Crippen LogP contribution in [0.4, 0.5) is 8.78 Å². The van der Waals surface area contributed by atoms with Crippen molar-refractivity contribution in [1.29, 1.82) is 5.26 Å². The predicted octanol–water partition coefficient (Wildman–Crippen LogP) is 5.95. The molecule has 0 aromatic carbocycles. The number of nitrogens with one attached hydrogen (secondary N) is 1. The van der Waals surface area contributed by atoms with Gasteiger partial charge in [-0.1, -0.05) is 46.3 Å². The molecule has 1 N–H and O–H groups in total. The fourth-order valence-corrected chi connectivity index (χ4v) is 9.45. The van der Waals surface area contributed by atoms with Crippen LogP contribution in [0.5, 0.6) is 0 Å². The Hall–Kier alpha value is -2.36. The summed E-state index contributed by atoms with van der Waals surface area (Å²) in [6.07, 6.45) is 8.58. The second-order valence-electron chi connectivity index (χ2n) is 14.3. The second-order valence-corrected chi connectivity index (χ2v) is 14.3. The van der Waals surface area contributed by atoms with E-state index in [4.69, 9.17) is 0 Å². The third-order valence-corrected chi connectivity index (χ3v) is 11.5. The molecule has 5 aliphatic carbocycles. The molecule has 0 heterocycles. The van der Waals surface area contributed by atoms with E-state index in [9.17, 15) is 28.4 Å². The minimum atomic E-state index is -3.48. The standard InChI is InChI=1S/C31H40F2N2O3/c1-17-19-7-9-28(4)20-8-10-31(35-26(38)30(6,32)33)12-11-27(2,3)15-21(31)24(20)22(36)13-23(28)29(19,5)14-18(16-34)25(17)37/h13-14,17,19-21,24H,7-12,15H2,1-6H3,(H,35,38)/t17-,19?,20?,21?,24?,28-,29-,31+/m0/s1. The Balaban J connectivity index is 1.61. The van der Waals surface area contributed by atoms with Gasteiger partial charge in [0.15, 0.2) is 11.6 Å². The third kappa shape index (κ3) is 3.76. The van der Waals surface area contributed by atoms with Gasteiger partial charge in [-0.2, -0.15) is 14.0 Å². The second kappa shape index (κ2) is 8.32. The summed E-state index contributed by atoms with van der Waals surface area (Å²) in [4.78, 5) is 39.5. The van der Waals surface area contributed by atoms with Gasteiger partial charge in [0.1, 0.15) is 6.07 Å². The summed E-state index contributed by atoms with van der Waals surface area (Å²) in [5.41, 5.74) is -0.556. The molecule has 0 aromatic heterocycles. The van der Waals surface area contributed by atoms with Gasteiger partial charge in [0.25, 0.3) is 5.91 Å². The zero-order valence-electron chi connectivity index (χ0n) is 23.4. The lowest BCUT2D eigenvalue weighted by Crippen LogP contribution is -2.67. The van der Waals surface area contributed by atoms with Crippen molar-refractivity contribution >= 4 is 17.5 Å². The molecule has 3 saturated carbocycles. The average Bonchev–Trinajstić information content (AvgIpc) is 2.82. The van der Waals surface area contributed by atoms with Crippen LogP contribution in [0.15, 0.2) is 23.3 Å². The molecule has 5 nitrogen and oxygen atoms in total. The highest BCUT2D eigenvalue weighted by atomic mass is 19.3. The van der Waals surface area contributed by atoms with Gasteiger partial charge < -0.3 is 5.32 Å². The van der Waals surface area contributed by atoms with Gasteiger partial charge in [0.2, 0.25) is 0 Å². The van der Waals surface area contributed by atoms with Crippen LogP contribution >= 0.6 is 0 Å². The highest BCUT2D eigenvalue weighted by Crippen LogP contribution is 2.68. The molecule has 0 radical (unpaired) electrons. The van der Waals surface area contributed by atoms with Gasteiger partial charge in [-0.15, -0.1) is 0 Å². The number of alkyl halides is 2. The molecule has 0 spiro atoms. The maximum atomic E-state index is 14.1. The van der Waals surface area contributed by atoms with E-state index >= 15 is 0 Å². The fraction of sp³-hybridized carbons (Fsp3) is 0.742. The number of carbonyl (C=O) groups is 3. The van der Waals surface area contributed by atoms with Crippen molar-refractivity contribution in [3.8, 4) is 6.07 Å². The minimum Gasteiger partial charge on any atom is -0.345 e. The highest BCUT2D eigenvalue weighted by Gasteiger charge is 2.65. The minimum absolute atomic E-state index is 0.00472. The molecule has 5 aliphatic rings. The summed E-state index contributed by atoms with van der Waals surface area (Å²) in [5, 5.41) is 12.5. The molecular weight excluding hydrogens is 486 g/mol. The average molecular weight is 527 g/mol. The molecule has 0 aromatic rings. The molecule has 0 saturated heterocycles. The van der Waals surface area contributed by atoms with Crippen molar-refractivity contribution in [2.75, 3.05) is 0 Å². The number of Topliss-reactive ketones (excluding diaryl/α,β-unsaturated/α-hetero) is 1. The largest absolute Gasteiger partial charge is 0.345 e. The number of carbonyl (C=O) groups excluding carboxylic acids is 3. The van der Waals surface area contributed by atoms with Crippen LogP contribution in [0.2, 0.25) is 0 Å². The number of ketones is 2. The first-order valence-corrected chi connectivity index (χ1v) is 14.1. The lowest BCUT2D eigenvalue weighted by Gasteiger charge is -2.64. The zero-order chi connectivity index (χ0) is 28.1. The van der Waals surface area contributed by atoms with E-state index < -0.39 is 22.8 Å². The molecule has 206 valence electrons. The molecule has 7 heteroatoms. The molecule has 3 fully saturated rings. The zero-order valence-corrected chi connectivity index (χ0v) is 23.4. The van der Waals surface area contributed by atoms with Crippen molar-refractivity contribution in [2.45, 2.75) is 97.9 Å². The van der Waals surface area contributed by atoms with Crippen LogP contribution in [0.1, 0.15) is 86.5 Å². The van der Waals surface area contributed by atoms with Gasteiger partial charge in [0.05, 0.1) is 5.57 Å². The number of fused-ring (bicyclic) bond motifs is 7. The molecule has 0 aliphatic heterocycles. The number of nitriles is 1. The summed E-state index contributed by atoms with van der Waals surface area (Å²) < 4.78 is 28.1. The topological polar surface area (TPSA) is 87.0 Å². The molecule has 38 heavy (non-hydrogen) atoms. The molecule has 5 rings (SSSR count). The van der Waals surface area contributed by atoms with E-state index in [0.29, 0.717) is 32.6 Å². The van der Waals surface area contributed by atoms with E-state index in [1.807, 2.05) is 13.0 Å².